The van der Waals surface area contributed by atoms with Crippen molar-refractivity contribution in [2.75, 3.05) is 73.1 Å². The molecule has 4 heteroatoms. The number of hydrogen-bond acceptors (Lipinski definition) is 4. The van der Waals surface area contributed by atoms with Gasteiger partial charge in [0.25, 0.3) is 0 Å². The summed E-state index contributed by atoms with van der Waals surface area (Å²) in [6.45, 7) is 11.3. The van der Waals surface area contributed by atoms with Crippen LogP contribution in [-0.2, 0) is 4.74 Å². The van der Waals surface area contributed by atoms with Gasteiger partial charge in [-0.15, -0.1) is 0 Å². The van der Waals surface area contributed by atoms with Gasteiger partial charge in [-0.3, -0.25) is 0 Å². The molecule has 3 aliphatic heterocycles. The number of piperidine rings is 3. The normalized spacial score (nSPS) is 28.4. The summed E-state index contributed by atoms with van der Waals surface area (Å²) in [5.74, 6) is 0.955. The van der Waals surface area contributed by atoms with E-state index in [4.69, 9.17) is 4.74 Å². The maximum absolute atomic E-state index is 5.22. The number of methoxy groups -OCH3 is 1. The second-order valence-corrected chi connectivity index (χ2v) is 8.38. The second-order valence-electron chi connectivity index (χ2n) is 8.38. The van der Waals surface area contributed by atoms with E-state index in [9.17, 15) is 0 Å². The average Bonchev–Trinajstić information content (AvgIpc) is 2.59. The minimum absolute atomic E-state index is 0.673. The van der Waals surface area contributed by atoms with Gasteiger partial charge >= 0.3 is 0 Å². The van der Waals surface area contributed by atoms with Crippen molar-refractivity contribution in [1.29, 1.82) is 0 Å². The molecule has 134 valence electrons. The number of nitrogens with zero attached hydrogens (tertiary/aromatic N) is 3. The molecule has 4 nitrogen and oxygen atoms in total. The van der Waals surface area contributed by atoms with E-state index in [0.717, 1.165) is 19.1 Å². The van der Waals surface area contributed by atoms with Gasteiger partial charge in [0.1, 0.15) is 0 Å². The molecule has 3 fully saturated rings. The van der Waals surface area contributed by atoms with Crippen LogP contribution in [0, 0.1) is 11.3 Å². The van der Waals surface area contributed by atoms with Gasteiger partial charge < -0.3 is 19.4 Å². The second kappa shape index (κ2) is 8.28. The topological polar surface area (TPSA) is 19.0 Å². The summed E-state index contributed by atoms with van der Waals surface area (Å²) in [5.41, 5.74) is 0.673. The van der Waals surface area contributed by atoms with Crippen LogP contribution in [0.5, 0.6) is 0 Å². The molecule has 3 rings (SSSR count). The van der Waals surface area contributed by atoms with E-state index in [0.29, 0.717) is 5.41 Å². The minimum atomic E-state index is 0.673. The van der Waals surface area contributed by atoms with Gasteiger partial charge in [0.15, 0.2) is 0 Å². The van der Waals surface area contributed by atoms with E-state index < -0.39 is 0 Å². The Balaban J connectivity index is 1.37. The van der Waals surface area contributed by atoms with Crippen molar-refractivity contribution < 1.29 is 4.74 Å². The molecule has 1 spiro atoms. The van der Waals surface area contributed by atoms with Crippen molar-refractivity contribution >= 4 is 0 Å². The van der Waals surface area contributed by atoms with E-state index in [1.807, 2.05) is 7.11 Å². The van der Waals surface area contributed by atoms with Crippen LogP contribution in [-0.4, -0.2) is 87.8 Å². The Bertz CT molecular complexity index is 337. The van der Waals surface area contributed by atoms with E-state index in [1.54, 1.807) is 0 Å². The smallest absolute Gasteiger partial charge is 0.0589 e. The van der Waals surface area contributed by atoms with Crippen molar-refractivity contribution in [3.8, 4) is 0 Å². The molecule has 0 amide bonds. The molecule has 23 heavy (non-hydrogen) atoms. The van der Waals surface area contributed by atoms with Crippen LogP contribution < -0.4 is 0 Å². The first-order valence-electron chi connectivity index (χ1n) is 9.81. The fourth-order valence-electron chi connectivity index (χ4n) is 4.79. The molecule has 0 bridgehead atoms. The van der Waals surface area contributed by atoms with Gasteiger partial charge in [-0.1, -0.05) is 0 Å². The van der Waals surface area contributed by atoms with Crippen LogP contribution in [0.4, 0.5) is 0 Å². The molecule has 3 saturated heterocycles. The van der Waals surface area contributed by atoms with E-state index in [-0.39, 0.29) is 0 Å². The van der Waals surface area contributed by atoms with Crippen molar-refractivity contribution in [2.24, 2.45) is 11.3 Å². The van der Waals surface area contributed by atoms with Gasteiger partial charge in [0.05, 0.1) is 6.61 Å². The highest BCUT2D eigenvalue weighted by Gasteiger charge is 2.37. The van der Waals surface area contributed by atoms with Crippen LogP contribution in [0.1, 0.15) is 38.5 Å². The number of hydrogen-bond donors (Lipinski definition) is 0. The summed E-state index contributed by atoms with van der Waals surface area (Å²) in [6.07, 6.45) is 8.53. The third-order valence-electron chi connectivity index (χ3n) is 6.80. The van der Waals surface area contributed by atoms with Crippen LogP contribution in [0.25, 0.3) is 0 Å². The summed E-state index contributed by atoms with van der Waals surface area (Å²) in [4.78, 5) is 7.86. The Hall–Kier alpha value is -0.160. The summed E-state index contributed by atoms with van der Waals surface area (Å²) in [7, 11) is 4.07. The number of rotatable bonds is 5. The molecule has 3 aliphatic rings. The predicted molar refractivity (Wildman–Crippen MR) is 95.9 cm³/mol. The molecule has 3 heterocycles. The maximum atomic E-state index is 5.22. The van der Waals surface area contributed by atoms with Crippen LogP contribution in [0.2, 0.25) is 0 Å². The van der Waals surface area contributed by atoms with Crippen molar-refractivity contribution in [3.63, 3.8) is 0 Å². The SMILES string of the molecule is COCCN1CCC2(CC1)CCN(CC1CCN(C)CC1)CC2. The van der Waals surface area contributed by atoms with E-state index in [2.05, 4.69) is 21.7 Å². The highest BCUT2D eigenvalue weighted by Crippen LogP contribution is 2.41. The lowest BCUT2D eigenvalue weighted by Crippen LogP contribution is -2.48. The summed E-state index contributed by atoms with van der Waals surface area (Å²) in [6, 6.07) is 0. The zero-order chi connectivity index (χ0) is 16.1. The molecule has 0 N–H and O–H groups in total. The third kappa shape index (κ3) is 4.91. The molecular formula is C19H37N3O. The monoisotopic (exact) mass is 323 g/mol. The van der Waals surface area contributed by atoms with Gasteiger partial charge in [-0.05, 0) is 96.2 Å². The van der Waals surface area contributed by atoms with Crippen molar-refractivity contribution in [2.45, 2.75) is 38.5 Å². The Morgan fingerprint density at radius 3 is 2.00 bits per heavy atom. The minimum Gasteiger partial charge on any atom is -0.383 e. The Kier molecular flexibility index (Phi) is 6.36. The first kappa shape index (κ1) is 17.7. The molecule has 0 aromatic heterocycles. The predicted octanol–water partition coefficient (Wildman–Crippen LogP) is 2.15. The summed E-state index contributed by atoms with van der Waals surface area (Å²) < 4.78 is 5.22. The summed E-state index contributed by atoms with van der Waals surface area (Å²) >= 11 is 0. The van der Waals surface area contributed by atoms with Crippen molar-refractivity contribution in [1.82, 2.24) is 14.7 Å². The molecule has 0 atom stereocenters. The standard InChI is InChI=1S/C19H37N3O/c1-20-9-3-18(4-10-20)17-22-13-7-19(8-14-22)5-11-21(12-6-19)15-16-23-2/h18H,3-17H2,1-2H3. The Morgan fingerprint density at radius 1 is 0.870 bits per heavy atom. The van der Waals surface area contributed by atoms with Gasteiger partial charge in [-0.25, -0.2) is 0 Å². The van der Waals surface area contributed by atoms with Crippen LogP contribution in [0.3, 0.4) is 0 Å². The zero-order valence-electron chi connectivity index (χ0n) is 15.4. The first-order chi connectivity index (χ1) is 11.2. The highest BCUT2D eigenvalue weighted by molar-refractivity contribution is 4.91. The Labute approximate surface area is 143 Å². The molecule has 0 unspecified atom stereocenters. The molecule has 0 radical (unpaired) electrons. The largest absolute Gasteiger partial charge is 0.383 e. The van der Waals surface area contributed by atoms with Crippen LogP contribution >= 0.6 is 0 Å². The molecular weight excluding hydrogens is 286 g/mol. The van der Waals surface area contributed by atoms with Crippen LogP contribution in [0.15, 0.2) is 0 Å². The van der Waals surface area contributed by atoms with Gasteiger partial charge in [-0.2, -0.15) is 0 Å². The van der Waals surface area contributed by atoms with Gasteiger partial charge in [0.2, 0.25) is 0 Å². The lowest BCUT2D eigenvalue weighted by Gasteiger charge is -2.47. The lowest BCUT2D eigenvalue weighted by molar-refractivity contribution is 0.0198. The molecule has 0 saturated carbocycles. The Morgan fingerprint density at radius 2 is 1.43 bits per heavy atom. The highest BCUT2D eigenvalue weighted by atomic mass is 16.5. The molecule has 0 aliphatic carbocycles. The molecule has 0 aromatic rings. The fourth-order valence-corrected chi connectivity index (χ4v) is 4.79. The quantitative estimate of drug-likeness (QED) is 0.772. The van der Waals surface area contributed by atoms with E-state index in [1.165, 1.54) is 84.3 Å². The summed E-state index contributed by atoms with van der Waals surface area (Å²) in [5, 5.41) is 0. The molecule has 0 aromatic carbocycles. The van der Waals surface area contributed by atoms with Gasteiger partial charge in [0, 0.05) is 20.2 Å². The zero-order valence-corrected chi connectivity index (χ0v) is 15.4. The lowest BCUT2D eigenvalue weighted by atomic mass is 9.71. The maximum Gasteiger partial charge on any atom is 0.0589 e. The third-order valence-corrected chi connectivity index (χ3v) is 6.80. The van der Waals surface area contributed by atoms with E-state index >= 15 is 0 Å². The number of ether oxygens (including phenoxy) is 1. The number of likely N-dealkylation sites (tertiary alicyclic amines) is 3. The first-order valence-corrected chi connectivity index (χ1v) is 9.81. The fraction of sp³-hybridized carbons (Fsp3) is 1.00. The average molecular weight is 324 g/mol. The van der Waals surface area contributed by atoms with Crippen molar-refractivity contribution in [3.05, 3.63) is 0 Å².